The number of aromatic nitrogens is 1. The molecule has 1 aliphatic rings. The predicted molar refractivity (Wildman–Crippen MR) is 102 cm³/mol. The highest BCUT2D eigenvalue weighted by atomic mass is 16.3. The summed E-state index contributed by atoms with van der Waals surface area (Å²) in [5, 5.41) is 11.5. The zero-order valence-corrected chi connectivity index (χ0v) is 14.4. The van der Waals surface area contributed by atoms with E-state index in [1.54, 1.807) is 6.20 Å². The van der Waals surface area contributed by atoms with Crippen LogP contribution in [0, 0.1) is 5.92 Å². The number of likely N-dealkylation sites (tertiary alicyclic amines) is 1. The summed E-state index contributed by atoms with van der Waals surface area (Å²) in [4.78, 5) is 6.77. The van der Waals surface area contributed by atoms with Crippen molar-refractivity contribution < 1.29 is 5.11 Å². The Morgan fingerprint density at radius 2 is 1.76 bits per heavy atom. The molecule has 0 radical (unpaired) electrons. The van der Waals surface area contributed by atoms with E-state index in [0.29, 0.717) is 11.3 Å². The molecule has 3 aromatic rings. The molecule has 3 nitrogen and oxygen atoms in total. The fourth-order valence-electron chi connectivity index (χ4n) is 3.84. The Balaban J connectivity index is 1.38. The van der Waals surface area contributed by atoms with Gasteiger partial charge in [-0.15, -0.1) is 0 Å². The van der Waals surface area contributed by atoms with E-state index >= 15 is 0 Å². The molecule has 0 aliphatic carbocycles. The van der Waals surface area contributed by atoms with Gasteiger partial charge in [-0.2, -0.15) is 0 Å². The summed E-state index contributed by atoms with van der Waals surface area (Å²) in [5.41, 5.74) is 3.13. The minimum Gasteiger partial charge on any atom is -0.505 e. The third-order valence-corrected chi connectivity index (χ3v) is 5.30. The van der Waals surface area contributed by atoms with E-state index < -0.39 is 0 Å². The second kappa shape index (κ2) is 7.24. The van der Waals surface area contributed by atoms with Crippen molar-refractivity contribution in [3.05, 3.63) is 71.9 Å². The summed E-state index contributed by atoms with van der Waals surface area (Å²) in [6.07, 6.45) is 5.36. The number of nitrogens with zero attached hydrogens (tertiary/aromatic N) is 2. The van der Waals surface area contributed by atoms with E-state index in [2.05, 4.69) is 46.3 Å². The van der Waals surface area contributed by atoms with Gasteiger partial charge < -0.3 is 5.11 Å². The highest BCUT2D eigenvalue weighted by molar-refractivity contribution is 5.85. The van der Waals surface area contributed by atoms with Crippen molar-refractivity contribution in [2.24, 2.45) is 5.92 Å². The Kier molecular flexibility index (Phi) is 4.66. The van der Waals surface area contributed by atoms with Crippen LogP contribution in [0.3, 0.4) is 0 Å². The first-order chi connectivity index (χ1) is 12.3. The molecule has 2 aromatic carbocycles. The number of hydrogen-bond donors (Lipinski definition) is 1. The molecule has 2 heterocycles. The van der Waals surface area contributed by atoms with E-state index in [1.165, 1.54) is 24.8 Å². The molecule has 0 saturated carbocycles. The number of aromatic hydroxyl groups is 1. The monoisotopic (exact) mass is 332 g/mol. The average Bonchev–Trinajstić information content (AvgIpc) is 2.67. The lowest BCUT2D eigenvalue weighted by Crippen LogP contribution is -2.33. The van der Waals surface area contributed by atoms with Gasteiger partial charge in [0.2, 0.25) is 0 Å². The summed E-state index contributed by atoms with van der Waals surface area (Å²) in [5.74, 6) is 1.11. The second-order valence-corrected chi connectivity index (χ2v) is 7.06. The van der Waals surface area contributed by atoms with Crippen LogP contribution in [0.5, 0.6) is 5.75 Å². The van der Waals surface area contributed by atoms with Crippen molar-refractivity contribution in [2.45, 2.75) is 25.8 Å². The highest BCUT2D eigenvalue weighted by Crippen LogP contribution is 2.29. The number of rotatable bonds is 4. The number of hydrogen-bond acceptors (Lipinski definition) is 3. The Morgan fingerprint density at radius 3 is 2.56 bits per heavy atom. The summed E-state index contributed by atoms with van der Waals surface area (Å²) < 4.78 is 0. The first-order valence-corrected chi connectivity index (χ1v) is 9.11. The summed E-state index contributed by atoms with van der Waals surface area (Å²) in [7, 11) is 0. The van der Waals surface area contributed by atoms with Gasteiger partial charge in [0.05, 0.1) is 0 Å². The first kappa shape index (κ1) is 16.1. The first-order valence-electron chi connectivity index (χ1n) is 9.11. The molecule has 25 heavy (non-hydrogen) atoms. The number of phenols is 1. The maximum atomic E-state index is 10.5. The molecule has 1 aliphatic heterocycles. The number of piperidine rings is 1. The highest BCUT2D eigenvalue weighted by Gasteiger charge is 2.20. The van der Waals surface area contributed by atoms with Gasteiger partial charge in [0.15, 0.2) is 0 Å². The lowest BCUT2D eigenvalue weighted by molar-refractivity contribution is 0.175. The van der Waals surface area contributed by atoms with Gasteiger partial charge in [-0.1, -0.05) is 48.5 Å². The van der Waals surface area contributed by atoms with E-state index in [-0.39, 0.29) is 0 Å². The molecule has 1 saturated heterocycles. The molecule has 0 spiro atoms. The van der Waals surface area contributed by atoms with Crippen LogP contribution in [0.15, 0.2) is 60.8 Å². The molecule has 1 N–H and O–H groups in total. The van der Waals surface area contributed by atoms with Crippen LogP contribution in [0.4, 0.5) is 0 Å². The van der Waals surface area contributed by atoms with Gasteiger partial charge >= 0.3 is 0 Å². The lowest BCUT2D eigenvalue weighted by Gasteiger charge is -2.32. The molecule has 0 unspecified atom stereocenters. The quantitative estimate of drug-likeness (QED) is 0.769. The van der Waals surface area contributed by atoms with E-state index in [9.17, 15) is 5.11 Å². The fourth-order valence-corrected chi connectivity index (χ4v) is 3.84. The molecule has 1 aromatic heterocycles. The van der Waals surface area contributed by atoms with E-state index in [0.717, 1.165) is 36.5 Å². The van der Waals surface area contributed by atoms with Crippen molar-refractivity contribution in [3.8, 4) is 5.75 Å². The largest absolute Gasteiger partial charge is 0.505 e. The number of benzene rings is 2. The molecule has 4 rings (SSSR count). The Bertz CT molecular complexity index is 839. The van der Waals surface area contributed by atoms with Crippen LogP contribution in [0.25, 0.3) is 10.9 Å². The van der Waals surface area contributed by atoms with Gasteiger partial charge in [0, 0.05) is 23.7 Å². The average molecular weight is 332 g/mol. The molecule has 1 fully saturated rings. The van der Waals surface area contributed by atoms with Crippen molar-refractivity contribution in [1.82, 2.24) is 9.88 Å². The van der Waals surface area contributed by atoms with Gasteiger partial charge in [-0.05, 0) is 49.9 Å². The fraction of sp³-hybridized carbons (Fsp3) is 0.318. The predicted octanol–water partition coefficient (Wildman–Crippen LogP) is 4.40. The van der Waals surface area contributed by atoms with Crippen molar-refractivity contribution in [2.75, 3.05) is 13.1 Å². The number of pyridine rings is 1. The standard InChI is InChI=1S/C22H24N2O/c25-22-20(9-8-19-7-4-12-23-21(19)22)16-24-13-10-18(11-14-24)15-17-5-2-1-3-6-17/h1-9,12,18,25H,10-11,13-16H2. The number of phenolic OH excluding ortho intramolecular Hbond substituents is 1. The summed E-state index contributed by atoms with van der Waals surface area (Å²) in [6.45, 7) is 2.99. The van der Waals surface area contributed by atoms with Crippen LogP contribution in [-0.2, 0) is 13.0 Å². The van der Waals surface area contributed by atoms with Gasteiger partial charge in [-0.3, -0.25) is 9.88 Å². The molecule has 3 heteroatoms. The Morgan fingerprint density at radius 1 is 0.960 bits per heavy atom. The van der Waals surface area contributed by atoms with Crippen molar-refractivity contribution in [3.63, 3.8) is 0 Å². The summed E-state index contributed by atoms with van der Waals surface area (Å²) >= 11 is 0. The molecule has 0 atom stereocenters. The van der Waals surface area contributed by atoms with Gasteiger partial charge in [0.1, 0.15) is 11.3 Å². The zero-order chi connectivity index (χ0) is 17.1. The maximum absolute atomic E-state index is 10.5. The Labute approximate surface area is 148 Å². The topological polar surface area (TPSA) is 36.4 Å². The Hall–Kier alpha value is -2.39. The van der Waals surface area contributed by atoms with E-state index in [1.807, 2.05) is 18.2 Å². The third-order valence-electron chi connectivity index (χ3n) is 5.30. The SMILES string of the molecule is Oc1c(CN2CCC(Cc3ccccc3)CC2)ccc2cccnc12. The minimum absolute atomic E-state index is 0.338. The van der Waals surface area contributed by atoms with Crippen molar-refractivity contribution >= 4 is 10.9 Å². The van der Waals surface area contributed by atoms with Crippen LogP contribution < -0.4 is 0 Å². The van der Waals surface area contributed by atoms with Gasteiger partial charge in [-0.25, -0.2) is 0 Å². The minimum atomic E-state index is 0.338. The smallest absolute Gasteiger partial charge is 0.146 e. The maximum Gasteiger partial charge on any atom is 0.146 e. The lowest BCUT2D eigenvalue weighted by atomic mass is 9.90. The molecule has 0 bridgehead atoms. The summed E-state index contributed by atoms with van der Waals surface area (Å²) in [6, 6.07) is 18.8. The van der Waals surface area contributed by atoms with Crippen LogP contribution in [0.1, 0.15) is 24.0 Å². The van der Waals surface area contributed by atoms with Crippen LogP contribution in [0.2, 0.25) is 0 Å². The third kappa shape index (κ3) is 3.67. The second-order valence-electron chi connectivity index (χ2n) is 7.06. The normalized spacial score (nSPS) is 16.3. The van der Waals surface area contributed by atoms with E-state index in [4.69, 9.17) is 0 Å². The molecule has 128 valence electrons. The number of fused-ring (bicyclic) bond motifs is 1. The van der Waals surface area contributed by atoms with Crippen molar-refractivity contribution in [1.29, 1.82) is 0 Å². The van der Waals surface area contributed by atoms with Crippen LogP contribution >= 0.6 is 0 Å². The van der Waals surface area contributed by atoms with Crippen LogP contribution in [-0.4, -0.2) is 28.1 Å². The molecule has 0 amide bonds. The zero-order valence-electron chi connectivity index (χ0n) is 14.4. The van der Waals surface area contributed by atoms with Gasteiger partial charge in [0.25, 0.3) is 0 Å². The molecular weight excluding hydrogens is 308 g/mol. The molecular formula is C22H24N2O.